The van der Waals surface area contributed by atoms with Gasteiger partial charge in [0.2, 0.25) is 0 Å². The molecule has 0 radical (unpaired) electrons. The molecule has 5 heteroatoms. The summed E-state index contributed by atoms with van der Waals surface area (Å²) in [6.45, 7) is 7.56. The van der Waals surface area contributed by atoms with Crippen LogP contribution in [0.1, 0.15) is 63.0 Å². The van der Waals surface area contributed by atoms with Crippen LogP contribution in [0, 0.1) is 5.92 Å². The number of para-hydroxylation sites is 1. The van der Waals surface area contributed by atoms with Gasteiger partial charge in [-0.05, 0) is 62.8 Å². The van der Waals surface area contributed by atoms with Crippen molar-refractivity contribution in [3.8, 4) is 11.5 Å². The maximum Gasteiger partial charge on any atom is 0.162 e. The van der Waals surface area contributed by atoms with Crippen molar-refractivity contribution in [2.45, 2.75) is 71.0 Å². The molecule has 4 rings (SSSR count). The fourth-order valence-electron chi connectivity index (χ4n) is 5.53. The van der Waals surface area contributed by atoms with Crippen molar-refractivity contribution in [2.24, 2.45) is 5.92 Å². The average Bonchev–Trinajstić information content (AvgIpc) is 2.83. The fourth-order valence-corrected chi connectivity index (χ4v) is 5.53. The third-order valence-corrected chi connectivity index (χ3v) is 7.06. The van der Waals surface area contributed by atoms with Gasteiger partial charge in [0, 0.05) is 50.2 Å². The largest absolute Gasteiger partial charge is 0.504 e. The minimum atomic E-state index is 0.276. The highest BCUT2D eigenvalue weighted by Crippen LogP contribution is 2.32. The molecule has 1 aliphatic carbocycles. The molecule has 1 aliphatic heterocycles. The first kappa shape index (κ1) is 23.1. The van der Waals surface area contributed by atoms with Crippen LogP contribution in [0.4, 0.5) is 0 Å². The molecule has 1 aromatic carbocycles. The second-order valence-corrected chi connectivity index (χ2v) is 9.52. The number of aromatic hydroxyl groups is 1. The minimum Gasteiger partial charge on any atom is -0.504 e. The van der Waals surface area contributed by atoms with E-state index in [9.17, 15) is 5.11 Å². The Balaban J connectivity index is 1.46. The molecule has 1 saturated carbocycles. The zero-order chi connectivity index (χ0) is 22.2. The molecule has 0 unspecified atom stereocenters. The second kappa shape index (κ2) is 11.7. The Morgan fingerprint density at radius 2 is 1.94 bits per heavy atom. The highest BCUT2D eigenvalue weighted by atomic mass is 16.5. The van der Waals surface area contributed by atoms with Crippen LogP contribution in [0.25, 0.3) is 0 Å². The van der Waals surface area contributed by atoms with Gasteiger partial charge >= 0.3 is 0 Å². The van der Waals surface area contributed by atoms with E-state index in [4.69, 9.17) is 4.74 Å². The summed E-state index contributed by atoms with van der Waals surface area (Å²) in [6, 6.07) is 10.8. The van der Waals surface area contributed by atoms with Crippen molar-refractivity contribution >= 4 is 0 Å². The first-order chi connectivity index (χ1) is 15.7. The van der Waals surface area contributed by atoms with Crippen LogP contribution in [0.5, 0.6) is 11.5 Å². The predicted molar refractivity (Wildman–Crippen MR) is 129 cm³/mol. The van der Waals surface area contributed by atoms with E-state index in [-0.39, 0.29) is 5.75 Å². The van der Waals surface area contributed by atoms with E-state index >= 15 is 0 Å². The van der Waals surface area contributed by atoms with E-state index in [1.807, 2.05) is 43.6 Å². The molecule has 5 nitrogen and oxygen atoms in total. The smallest absolute Gasteiger partial charge is 0.162 e. The van der Waals surface area contributed by atoms with Crippen molar-refractivity contribution < 1.29 is 9.84 Å². The lowest BCUT2D eigenvalue weighted by Crippen LogP contribution is -2.46. The third-order valence-electron chi connectivity index (χ3n) is 7.06. The maximum atomic E-state index is 10.8. The van der Waals surface area contributed by atoms with Crippen LogP contribution in [0.3, 0.4) is 0 Å². The number of pyridine rings is 1. The minimum absolute atomic E-state index is 0.276. The predicted octanol–water partition coefficient (Wildman–Crippen LogP) is 5.23. The molecule has 2 aromatic rings. The van der Waals surface area contributed by atoms with Crippen LogP contribution in [-0.4, -0.2) is 52.2 Å². The average molecular weight is 438 g/mol. The van der Waals surface area contributed by atoms with E-state index < -0.39 is 0 Å². The van der Waals surface area contributed by atoms with E-state index in [0.717, 1.165) is 24.7 Å². The van der Waals surface area contributed by atoms with E-state index in [0.29, 0.717) is 24.8 Å². The lowest BCUT2D eigenvalue weighted by atomic mass is 9.90. The molecule has 1 atom stereocenters. The van der Waals surface area contributed by atoms with Crippen LogP contribution >= 0.6 is 0 Å². The Morgan fingerprint density at radius 1 is 1.06 bits per heavy atom. The van der Waals surface area contributed by atoms with Crippen molar-refractivity contribution in [3.63, 3.8) is 0 Å². The number of phenolic OH excluding ortho intramolecular Hbond substituents is 1. The lowest BCUT2D eigenvalue weighted by molar-refractivity contribution is 0.0769. The fraction of sp³-hybridized carbons (Fsp3) is 0.593. The summed E-state index contributed by atoms with van der Waals surface area (Å²) in [5.74, 6) is 1.52. The van der Waals surface area contributed by atoms with E-state index in [2.05, 4.69) is 20.9 Å². The van der Waals surface area contributed by atoms with Crippen LogP contribution in [0.2, 0.25) is 0 Å². The number of hydrogen-bond donors (Lipinski definition) is 1. The van der Waals surface area contributed by atoms with Gasteiger partial charge in [-0.15, -0.1) is 0 Å². The Labute approximate surface area is 193 Å². The first-order valence-electron chi connectivity index (χ1n) is 12.5. The summed E-state index contributed by atoms with van der Waals surface area (Å²) in [5, 5.41) is 10.8. The molecule has 0 bridgehead atoms. The molecular weight excluding hydrogens is 398 g/mol. The zero-order valence-corrected chi connectivity index (χ0v) is 19.6. The molecule has 0 spiro atoms. The molecule has 2 aliphatic rings. The zero-order valence-electron chi connectivity index (χ0n) is 19.6. The molecule has 2 fully saturated rings. The summed E-state index contributed by atoms with van der Waals surface area (Å²) in [4.78, 5) is 9.58. The van der Waals surface area contributed by atoms with Crippen molar-refractivity contribution in [2.75, 3.05) is 26.2 Å². The second-order valence-electron chi connectivity index (χ2n) is 9.52. The normalized spacial score (nSPS) is 20.5. The molecule has 32 heavy (non-hydrogen) atoms. The maximum absolute atomic E-state index is 10.8. The molecular formula is C27H39N3O2. The molecule has 1 N–H and O–H groups in total. The number of hydrogen-bond acceptors (Lipinski definition) is 5. The topological polar surface area (TPSA) is 48.8 Å². The lowest BCUT2D eigenvalue weighted by Gasteiger charge is -2.41. The van der Waals surface area contributed by atoms with Crippen molar-refractivity contribution in [1.82, 2.24) is 14.8 Å². The molecule has 1 aromatic heterocycles. The number of nitrogens with zero attached hydrogens (tertiary/aromatic N) is 3. The van der Waals surface area contributed by atoms with Gasteiger partial charge in [-0.3, -0.25) is 9.88 Å². The number of phenols is 1. The van der Waals surface area contributed by atoms with Gasteiger partial charge < -0.3 is 14.7 Å². The van der Waals surface area contributed by atoms with Gasteiger partial charge in [-0.1, -0.05) is 37.5 Å². The quantitative estimate of drug-likeness (QED) is 0.582. The van der Waals surface area contributed by atoms with Gasteiger partial charge in [0.15, 0.2) is 11.5 Å². The molecule has 0 amide bonds. The highest BCUT2D eigenvalue weighted by Gasteiger charge is 2.28. The molecule has 1 saturated heterocycles. The Hall–Kier alpha value is -2.11. The summed E-state index contributed by atoms with van der Waals surface area (Å²) in [5.41, 5.74) is 2.15. The number of ether oxygens (including phenoxy) is 1. The summed E-state index contributed by atoms with van der Waals surface area (Å²) in [6.07, 6.45) is 13.3. The Morgan fingerprint density at radius 3 is 2.72 bits per heavy atom. The van der Waals surface area contributed by atoms with Crippen LogP contribution in [0.15, 0.2) is 42.7 Å². The number of aromatic nitrogens is 1. The van der Waals surface area contributed by atoms with Gasteiger partial charge in [-0.25, -0.2) is 0 Å². The number of rotatable bonds is 9. The third kappa shape index (κ3) is 6.23. The van der Waals surface area contributed by atoms with Gasteiger partial charge in [-0.2, -0.15) is 0 Å². The SMILES string of the molecule is CCOc1cccc(CN(Cc2cccnc2)C[C@@H]2CCCN(C3CCCCC3)C2)c1O. The van der Waals surface area contributed by atoms with Crippen LogP contribution in [-0.2, 0) is 13.1 Å². The van der Waals surface area contributed by atoms with E-state index in [1.165, 1.54) is 63.6 Å². The Bertz CT molecular complexity index is 823. The van der Waals surface area contributed by atoms with Gasteiger partial charge in [0.25, 0.3) is 0 Å². The van der Waals surface area contributed by atoms with Gasteiger partial charge in [0.05, 0.1) is 6.61 Å². The molecule has 2 heterocycles. The summed E-state index contributed by atoms with van der Waals surface area (Å²) in [7, 11) is 0. The first-order valence-corrected chi connectivity index (χ1v) is 12.5. The molecule has 174 valence electrons. The standard InChI is InChI=1S/C27H39N3O2/c1-2-32-26-14-6-11-24(27(26)31)21-29(18-22-9-7-15-28-17-22)19-23-10-8-16-30(20-23)25-12-4-3-5-13-25/h6-7,9,11,14-15,17,23,25,31H,2-5,8,10,12-13,16,18-21H2,1H3/t23-/m0/s1. The summed E-state index contributed by atoms with van der Waals surface area (Å²) < 4.78 is 5.62. The van der Waals surface area contributed by atoms with Crippen molar-refractivity contribution in [1.29, 1.82) is 0 Å². The van der Waals surface area contributed by atoms with Gasteiger partial charge in [0.1, 0.15) is 0 Å². The highest BCUT2D eigenvalue weighted by molar-refractivity contribution is 5.45. The van der Waals surface area contributed by atoms with Crippen molar-refractivity contribution in [3.05, 3.63) is 53.9 Å². The summed E-state index contributed by atoms with van der Waals surface area (Å²) >= 11 is 0. The van der Waals surface area contributed by atoms with E-state index in [1.54, 1.807) is 0 Å². The Kier molecular flexibility index (Phi) is 8.41. The monoisotopic (exact) mass is 437 g/mol. The number of likely N-dealkylation sites (tertiary alicyclic amines) is 1. The number of benzene rings is 1. The van der Waals surface area contributed by atoms with Crippen LogP contribution < -0.4 is 4.74 Å². The number of piperidine rings is 1.